The molecule has 0 amide bonds. The number of nitro benzene ring substituents is 2. The van der Waals surface area contributed by atoms with Crippen LogP contribution in [-0.2, 0) is 4.57 Å². The van der Waals surface area contributed by atoms with Gasteiger partial charge in [0.05, 0.1) is 19.6 Å². The van der Waals surface area contributed by atoms with Gasteiger partial charge in [0.25, 0.3) is 0 Å². The van der Waals surface area contributed by atoms with Gasteiger partial charge < -0.3 is 9.05 Å². The van der Waals surface area contributed by atoms with Crippen LogP contribution >= 0.6 is 53.1 Å². The van der Waals surface area contributed by atoms with E-state index in [1.165, 1.54) is 12.1 Å². The SMILES string of the molecule is Cc1ccc(SP2(=O)Oc3c(cc(Cl)cc3[N+](=O)[O-])Sc3cc(Cl)cc([N+](=O)[O-])c3O2)cc1. The van der Waals surface area contributed by atoms with Gasteiger partial charge in [0.2, 0.25) is 11.5 Å². The van der Waals surface area contributed by atoms with Crippen LogP contribution in [0.5, 0.6) is 11.5 Å². The summed E-state index contributed by atoms with van der Waals surface area (Å²) in [7, 11) is 0. The number of aryl methyl sites for hydroxylation is 1. The number of nitrogens with zero attached hydrogens (tertiary/aromatic N) is 2. The first kappa shape index (κ1) is 23.7. The van der Waals surface area contributed by atoms with Crippen molar-refractivity contribution in [1.82, 2.24) is 0 Å². The molecule has 1 aliphatic heterocycles. The first-order valence-electron chi connectivity index (χ1n) is 8.94. The molecule has 0 aromatic heterocycles. The van der Waals surface area contributed by atoms with E-state index in [0.717, 1.165) is 29.5 Å². The number of halogens is 2. The van der Waals surface area contributed by atoms with Gasteiger partial charge in [0.1, 0.15) is 0 Å². The molecule has 0 N–H and O–H groups in total. The summed E-state index contributed by atoms with van der Waals surface area (Å²) in [6.45, 7) is -2.48. The molecule has 1 heterocycles. The van der Waals surface area contributed by atoms with Gasteiger partial charge in [-0.1, -0.05) is 52.7 Å². The number of nitro groups is 2. The molecule has 33 heavy (non-hydrogen) atoms. The quantitative estimate of drug-likeness (QED) is 0.183. The van der Waals surface area contributed by atoms with E-state index in [1.807, 2.05) is 6.92 Å². The van der Waals surface area contributed by atoms with E-state index in [0.29, 0.717) is 16.3 Å². The molecule has 0 spiro atoms. The molecule has 14 heteroatoms. The Bertz CT molecular complexity index is 1280. The number of benzene rings is 3. The van der Waals surface area contributed by atoms with Crippen molar-refractivity contribution in [3.63, 3.8) is 0 Å². The normalized spacial score (nSPS) is 14.0. The minimum atomic E-state index is -4.34. The maximum atomic E-state index is 13.9. The summed E-state index contributed by atoms with van der Waals surface area (Å²) in [6, 6.07) is 11.7. The highest BCUT2D eigenvalue weighted by molar-refractivity contribution is 8.55. The minimum absolute atomic E-state index is 0.0251. The van der Waals surface area contributed by atoms with Crippen LogP contribution in [-0.4, -0.2) is 9.85 Å². The van der Waals surface area contributed by atoms with Crippen LogP contribution in [0.25, 0.3) is 0 Å². The first-order valence-corrected chi connectivity index (χ1v) is 13.5. The molecule has 0 bridgehead atoms. The number of fused-ring (bicyclic) bond motifs is 2. The fraction of sp³-hybridized carbons (Fsp3) is 0.0526. The maximum Gasteiger partial charge on any atom is 0.498 e. The Labute approximate surface area is 205 Å². The lowest BCUT2D eigenvalue weighted by molar-refractivity contribution is -0.385. The second kappa shape index (κ2) is 9.08. The van der Waals surface area contributed by atoms with Gasteiger partial charge in [-0.25, -0.2) is 4.57 Å². The third kappa shape index (κ3) is 5.07. The summed E-state index contributed by atoms with van der Waals surface area (Å²) in [6.07, 6.45) is 0. The van der Waals surface area contributed by atoms with E-state index in [9.17, 15) is 24.8 Å². The van der Waals surface area contributed by atoms with Crippen molar-refractivity contribution in [1.29, 1.82) is 0 Å². The van der Waals surface area contributed by atoms with Crippen LogP contribution in [0.2, 0.25) is 10.0 Å². The molecular weight excluding hydrogens is 534 g/mol. The van der Waals surface area contributed by atoms with Gasteiger partial charge in [-0.05, 0) is 31.2 Å². The highest BCUT2D eigenvalue weighted by Gasteiger charge is 2.40. The van der Waals surface area contributed by atoms with Crippen LogP contribution < -0.4 is 9.05 Å². The largest absolute Gasteiger partial charge is 0.498 e. The van der Waals surface area contributed by atoms with Gasteiger partial charge in [0.15, 0.2) is 0 Å². The van der Waals surface area contributed by atoms with Crippen LogP contribution in [0.1, 0.15) is 5.56 Å². The lowest BCUT2D eigenvalue weighted by atomic mass is 10.2. The van der Waals surface area contributed by atoms with Crippen LogP contribution in [0.3, 0.4) is 0 Å². The monoisotopic (exact) mass is 544 g/mol. The van der Waals surface area contributed by atoms with Crippen molar-refractivity contribution < 1.29 is 23.5 Å². The molecule has 9 nitrogen and oxygen atoms in total. The smallest absolute Gasteiger partial charge is 0.400 e. The Morgan fingerprint density at radius 2 is 1.33 bits per heavy atom. The molecule has 170 valence electrons. The van der Waals surface area contributed by atoms with Crippen molar-refractivity contribution in [2.24, 2.45) is 0 Å². The molecule has 0 radical (unpaired) electrons. The van der Waals surface area contributed by atoms with Gasteiger partial charge in [-0.15, -0.1) is 0 Å². The summed E-state index contributed by atoms with van der Waals surface area (Å²) in [5, 5.41) is 23.4. The fourth-order valence-electron chi connectivity index (χ4n) is 2.84. The summed E-state index contributed by atoms with van der Waals surface area (Å²) in [5.41, 5.74) is -0.114. The van der Waals surface area contributed by atoms with Crippen molar-refractivity contribution >= 4 is 64.5 Å². The Morgan fingerprint density at radius 3 is 1.76 bits per heavy atom. The predicted molar refractivity (Wildman–Crippen MR) is 126 cm³/mol. The van der Waals surface area contributed by atoms with Crippen molar-refractivity contribution in [3.8, 4) is 11.5 Å². The fourth-order valence-corrected chi connectivity index (χ4v) is 7.88. The number of hydrogen-bond acceptors (Lipinski definition) is 9. The summed E-state index contributed by atoms with van der Waals surface area (Å²) in [5.74, 6) is -0.656. The molecule has 3 aromatic carbocycles. The highest BCUT2D eigenvalue weighted by atomic mass is 35.5. The molecule has 0 aliphatic carbocycles. The topological polar surface area (TPSA) is 122 Å². The average Bonchev–Trinajstić information content (AvgIpc) is 2.72. The molecule has 0 saturated heterocycles. The van der Waals surface area contributed by atoms with Crippen molar-refractivity contribution in [2.75, 3.05) is 0 Å². The molecule has 4 rings (SSSR count). The first-order chi connectivity index (χ1) is 15.5. The molecule has 0 saturated carbocycles. The Hall–Kier alpha value is -2.43. The van der Waals surface area contributed by atoms with Crippen molar-refractivity contribution in [2.45, 2.75) is 21.6 Å². The highest BCUT2D eigenvalue weighted by Crippen LogP contribution is 2.68. The molecule has 1 aliphatic rings. The van der Waals surface area contributed by atoms with Crippen LogP contribution in [0, 0.1) is 27.2 Å². The van der Waals surface area contributed by atoms with Crippen molar-refractivity contribution in [3.05, 3.63) is 84.4 Å². The lowest BCUT2D eigenvalue weighted by Gasteiger charge is -2.24. The van der Waals surface area contributed by atoms with Gasteiger partial charge >= 0.3 is 18.2 Å². The Kier molecular flexibility index (Phi) is 6.52. The number of rotatable bonds is 4. The predicted octanol–water partition coefficient (Wildman–Crippen LogP) is 7.94. The molecular formula is C19H11Cl2N2O7PS2. The summed E-state index contributed by atoms with van der Waals surface area (Å²) < 4.78 is 25.2. The summed E-state index contributed by atoms with van der Waals surface area (Å²) in [4.78, 5) is 22.6. The molecule has 0 unspecified atom stereocenters. The zero-order valence-corrected chi connectivity index (χ0v) is 20.4. The summed E-state index contributed by atoms with van der Waals surface area (Å²) >= 11 is 13.6. The lowest BCUT2D eigenvalue weighted by Crippen LogP contribution is -2.06. The minimum Gasteiger partial charge on any atom is -0.400 e. The van der Waals surface area contributed by atoms with E-state index in [1.54, 1.807) is 24.3 Å². The molecule has 0 fully saturated rings. The Morgan fingerprint density at radius 1 is 0.879 bits per heavy atom. The number of hydrogen-bond donors (Lipinski definition) is 0. The van der Waals surface area contributed by atoms with Gasteiger partial charge in [-0.2, -0.15) is 0 Å². The van der Waals surface area contributed by atoms with E-state index in [4.69, 9.17) is 32.2 Å². The average molecular weight is 545 g/mol. The van der Waals surface area contributed by atoms with E-state index >= 15 is 0 Å². The van der Waals surface area contributed by atoms with E-state index in [2.05, 4.69) is 0 Å². The second-order valence-electron chi connectivity index (χ2n) is 6.65. The van der Waals surface area contributed by atoms with E-state index < -0.39 is 28.0 Å². The third-order valence-corrected chi connectivity index (χ3v) is 9.01. The Balaban J connectivity index is 1.96. The third-order valence-electron chi connectivity index (χ3n) is 4.26. The van der Waals surface area contributed by atoms with Gasteiger partial charge in [-0.3, -0.25) is 20.2 Å². The zero-order valence-electron chi connectivity index (χ0n) is 16.4. The molecule has 0 atom stereocenters. The molecule has 3 aromatic rings. The van der Waals surface area contributed by atoms with E-state index in [-0.39, 0.29) is 31.3 Å². The van der Waals surface area contributed by atoms with Gasteiger partial charge in [0, 0.05) is 38.5 Å². The standard InChI is InChI=1S/C19H11Cl2N2O7PS2/c1-10-2-4-13(5-3-10)33-31(28)29-18-14(22(24)25)6-11(20)8-16(18)32-17-9-12(21)7-15(23(26)27)19(17)30-31/h2-9H,1H3. The van der Waals surface area contributed by atoms with Crippen LogP contribution in [0.4, 0.5) is 11.4 Å². The van der Waals surface area contributed by atoms with Crippen LogP contribution in [0.15, 0.2) is 63.2 Å². The zero-order chi connectivity index (χ0) is 23.9. The maximum absolute atomic E-state index is 13.9. The second-order valence-corrected chi connectivity index (χ2v) is 12.4.